The third-order valence-corrected chi connectivity index (χ3v) is 19.8. The van der Waals surface area contributed by atoms with Crippen LogP contribution in [0.2, 0.25) is 0 Å². The van der Waals surface area contributed by atoms with E-state index in [0.29, 0.717) is 77.9 Å². The Bertz CT molecular complexity index is 2730. The third-order valence-electron chi connectivity index (χ3n) is 19.8. The lowest BCUT2D eigenvalue weighted by atomic mass is 9.63. The number of likely N-dealkylation sites (tertiary alicyclic amines) is 2. The zero-order valence-corrected chi connectivity index (χ0v) is 54.8. The van der Waals surface area contributed by atoms with Crippen LogP contribution in [-0.4, -0.2) is 96.8 Å². The number of rotatable bonds is 16. The maximum Gasteiger partial charge on any atom is 0.312 e. The zero-order chi connectivity index (χ0) is 59.4. The maximum atomic E-state index is 14.0. The van der Waals surface area contributed by atoms with Crippen LogP contribution in [0.15, 0.2) is 97.1 Å². The number of halogens is 4. The fourth-order valence-corrected chi connectivity index (χ4v) is 15.0. The van der Waals surface area contributed by atoms with Crippen molar-refractivity contribution in [1.82, 2.24) is 20.4 Å². The molecule has 2 aliphatic heterocycles. The number of hydrogen-bond acceptors (Lipinski definition) is 10. The van der Waals surface area contributed by atoms with Crippen LogP contribution in [-0.2, 0) is 63.9 Å². The molecule has 4 aromatic rings. The van der Waals surface area contributed by atoms with Gasteiger partial charge in [0.1, 0.15) is 23.7 Å². The highest BCUT2D eigenvalue weighted by molar-refractivity contribution is 7.59. The predicted octanol–water partition coefficient (Wildman–Crippen LogP) is 12.1. The second kappa shape index (κ2) is 36.9. The Labute approximate surface area is 560 Å². The van der Waals surface area contributed by atoms with Gasteiger partial charge in [-0.1, -0.05) is 126 Å². The van der Waals surface area contributed by atoms with E-state index in [1.54, 1.807) is 34.1 Å². The first kappa shape index (κ1) is 79.0. The highest BCUT2D eigenvalue weighted by atomic mass is 35.5. The minimum absolute atomic E-state index is 0. The molecule has 0 aromatic heterocycles. The van der Waals surface area contributed by atoms with Gasteiger partial charge in [-0.2, -0.15) is 27.0 Å². The monoisotopic (exact) mass is 1330 g/mol. The summed E-state index contributed by atoms with van der Waals surface area (Å²) in [4.78, 5) is 85.6. The molecule has 6 aliphatic rings. The number of piperidine rings is 2. The van der Waals surface area contributed by atoms with E-state index in [9.17, 15) is 37.5 Å². The van der Waals surface area contributed by atoms with Crippen LogP contribution in [0.4, 0.5) is 8.78 Å². The Morgan fingerprint density at radius 2 is 0.833 bits per heavy atom. The first-order chi connectivity index (χ1) is 40.6. The molecular weight excluding hydrogens is 1230 g/mol. The minimum Gasteiger partial charge on any atom is -0.466 e. The molecule has 4 aromatic carbocycles. The Morgan fingerprint density at radius 3 is 1.16 bits per heavy atom. The van der Waals surface area contributed by atoms with Crippen molar-refractivity contribution < 1.29 is 47.0 Å². The fraction of sp³-hybridized carbons (Fsp3) is 0.571. The molecule has 0 bridgehead atoms. The molecule has 14 nitrogen and oxygen atoms in total. The van der Waals surface area contributed by atoms with Gasteiger partial charge in [-0.05, 0) is 160 Å². The van der Waals surface area contributed by atoms with Gasteiger partial charge in [0.2, 0.25) is 23.6 Å². The molecule has 6 N–H and O–H groups in total. The van der Waals surface area contributed by atoms with Crippen LogP contribution in [0.1, 0.15) is 177 Å². The van der Waals surface area contributed by atoms with Gasteiger partial charge < -0.3 is 41.4 Å². The molecule has 4 fully saturated rings. The van der Waals surface area contributed by atoms with Crippen molar-refractivity contribution in [2.45, 2.75) is 181 Å². The molecule has 4 amide bonds. The average molecular weight is 1330 g/mol. The number of nitrogens with zero attached hydrogens (tertiary/aromatic N) is 2. The Hall–Kier alpha value is -5.24. The van der Waals surface area contributed by atoms with Crippen LogP contribution >= 0.6 is 51.8 Å². The van der Waals surface area contributed by atoms with Gasteiger partial charge in [0.05, 0.1) is 35.9 Å². The van der Waals surface area contributed by atoms with Crippen molar-refractivity contribution in [3.05, 3.63) is 142 Å². The van der Waals surface area contributed by atoms with Crippen molar-refractivity contribution in [2.75, 3.05) is 39.4 Å². The summed E-state index contributed by atoms with van der Waals surface area (Å²) in [6.45, 7) is 6.08. The number of amides is 4. The molecule has 20 heteroatoms. The van der Waals surface area contributed by atoms with Gasteiger partial charge in [0.25, 0.3) is 0 Å². The number of esters is 2. The third kappa shape index (κ3) is 18.5. The largest absolute Gasteiger partial charge is 0.466 e. The fourth-order valence-electron chi connectivity index (χ4n) is 15.0. The molecule has 4 aliphatic carbocycles. The van der Waals surface area contributed by atoms with Crippen LogP contribution in [0.3, 0.4) is 0 Å². The van der Waals surface area contributed by atoms with E-state index in [0.717, 1.165) is 97.6 Å². The van der Waals surface area contributed by atoms with E-state index < -0.39 is 46.8 Å². The van der Waals surface area contributed by atoms with E-state index >= 15 is 0 Å². The smallest absolute Gasteiger partial charge is 0.312 e. The molecule has 90 heavy (non-hydrogen) atoms. The van der Waals surface area contributed by atoms with E-state index in [-0.39, 0.29) is 139 Å². The normalized spacial score (nSPS) is 21.4. The standard InChI is InChI=1S/2C34H44FN3O4.2CH4.2ClH.2H2S/c2*1-2-42-33(41)34(25-9-4-3-5-10-25)18-20-38(21-19-34)32(40)29(22-23-12-15-26(35)16-13-23)37-31(39)28-17-14-24-8-6-7-11-27(24)30(28)36;;;;;;/h2*6-8,11-13,15-16,25,28-30H,2-5,9-10,14,17-22,36H2,1H3,(H,37,39);2*1H4;2*1H;2*1H2/t28-,29+,30?;28-,29-,30?;;;;;;/m01....../s1. The van der Waals surface area contributed by atoms with E-state index in [1.807, 2.05) is 62.4 Å². The Balaban J connectivity index is 0.000000441. The van der Waals surface area contributed by atoms with Crippen molar-refractivity contribution >= 4 is 87.4 Å². The molecule has 6 atom stereocenters. The van der Waals surface area contributed by atoms with Gasteiger partial charge in [0, 0.05) is 51.1 Å². The molecule has 0 spiro atoms. The van der Waals surface area contributed by atoms with Gasteiger partial charge in [-0.3, -0.25) is 28.8 Å². The lowest BCUT2D eigenvalue weighted by Gasteiger charge is -2.46. The number of carbonyl (C=O) groups is 6. The molecule has 2 saturated carbocycles. The number of ether oxygens (including phenoxy) is 2. The van der Waals surface area contributed by atoms with Crippen LogP contribution < -0.4 is 22.1 Å². The maximum absolute atomic E-state index is 14.0. The summed E-state index contributed by atoms with van der Waals surface area (Å²) in [6, 6.07) is 25.4. The summed E-state index contributed by atoms with van der Waals surface area (Å²) < 4.78 is 38.4. The van der Waals surface area contributed by atoms with Gasteiger partial charge in [-0.25, -0.2) is 8.78 Å². The van der Waals surface area contributed by atoms with Crippen LogP contribution in [0.5, 0.6) is 0 Å². The molecule has 2 heterocycles. The van der Waals surface area contributed by atoms with E-state index in [1.165, 1.54) is 37.1 Å². The first-order valence-electron chi connectivity index (χ1n) is 31.3. The topological polar surface area (TPSA) is 203 Å². The van der Waals surface area contributed by atoms with Gasteiger partial charge in [-0.15, -0.1) is 24.8 Å². The Kier molecular flexibility index (Phi) is 32.4. The van der Waals surface area contributed by atoms with Gasteiger partial charge >= 0.3 is 11.9 Å². The number of aryl methyl sites for hydroxylation is 2. The van der Waals surface area contributed by atoms with Crippen LogP contribution in [0.25, 0.3) is 0 Å². The molecule has 500 valence electrons. The summed E-state index contributed by atoms with van der Waals surface area (Å²) in [5.41, 5.74) is 17.8. The van der Waals surface area contributed by atoms with E-state index in [2.05, 4.69) is 10.6 Å². The highest BCUT2D eigenvalue weighted by Gasteiger charge is 2.51. The number of hydrogen-bond donors (Lipinski definition) is 4. The number of fused-ring (bicyclic) bond motifs is 2. The lowest BCUT2D eigenvalue weighted by Crippen LogP contribution is -2.56. The van der Waals surface area contributed by atoms with Gasteiger partial charge in [0.15, 0.2) is 0 Å². The summed E-state index contributed by atoms with van der Waals surface area (Å²) in [6.07, 6.45) is 16.4. The quantitative estimate of drug-likeness (QED) is 0.0782. The predicted molar refractivity (Wildman–Crippen MR) is 366 cm³/mol. The number of carbonyl (C=O) groups excluding carboxylic acids is 6. The Morgan fingerprint density at radius 1 is 0.511 bits per heavy atom. The molecule has 10 rings (SSSR count). The average Bonchev–Trinajstić information content (AvgIpc) is 3.67. The summed E-state index contributed by atoms with van der Waals surface area (Å²) >= 11 is 0. The second-order valence-corrected chi connectivity index (χ2v) is 24.6. The highest BCUT2D eigenvalue weighted by Crippen LogP contribution is 2.49. The molecule has 2 unspecified atom stereocenters. The SMILES string of the molecule is C.C.CCOC(=O)C1(C2CCCCC2)CCN(C(=O)[C@@H](Cc2ccc(F)cc2)NC(=O)[C@@H]2CCc3ccccc3C2N)CC1.CCOC(=O)C1(C2CCCCC2)CCN(C(=O)[C@@H](Cc2ccc(F)cc2)NC(=O)[C@H]2CCc3ccccc3C2N)CC1.Cl.Cl.S.S. The summed E-state index contributed by atoms with van der Waals surface area (Å²) in [5.74, 6) is -2.18. The first-order valence-corrected chi connectivity index (χ1v) is 31.3. The lowest BCUT2D eigenvalue weighted by molar-refractivity contribution is -0.166. The summed E-state index contributed by atoms with van der Waals surface area (Å²) in [7, 11) is 0. The van der Waals surface area contributed by atoms with E-state index in [4.69, 9.17) is 20.9 Å². The summed E-state index contributed by atoms with van der Waals surface area (Å²) in [5, 5.41) is 6.08. The molecule has 0 radical (unpaired) electrons. The van der Waals surface area contributed by atoms with Crippen LogP contribution in [0, 0.1) is 46.1 Å². The molecular formula is C70H102Cl2F2N6O8S2. The van der Waals surface area contributed by atoms with Crippen molar-refractivity contribution in [3.8, 4) is 0 Å². The molecule has 2 saturated heterocycles. The number of nitrogens with two attached hydrogens (primary N) is 2. The number of nitrogens with one attached hydrogen (secondary N) is 2. The van der Waals surface area contributed by atoms with Crippen molar-refractivity contribution in [1.29, 1.82) is 0 Å². The minimum atomic E-state index is -0.822. The number of benzene rings is 4. The van der Waals surface area contributed by atoms with Crippen molar-refractivity contribution in [2.24, 2.45) is 46.0 Å². The zero-order valence-electron chi connectivity index (χ0n) is 51.1. The van der Waals surface area contributed by atoms with Crippen molar-refractivity contribution in [3.63, 3.8) is 0 Å². The second-order valence-electron chi connectivity index (χ2n) is 24.6.